The van der Waals surface area contributed by atoms with Crippen LogP contribution in [0.25, 0.3) is 6.08 Å². The molecule has 1 heterocycles. The van der Waals surface area contributed by atoms with Gasteiger partial charge in [0.1, 0.15) is 0 Å². The minimum absolute atomic E-state index is 0.0569. The van der Waals surface area contributed by atoms with Crippen molar-refractivity contribution in [3.8, 4) is 11.5 Å². The van der Waals surface area contributed by atoms with Crippen molar-refractivity contribution >= 4 is 27.8 Å². The minimum atomic E-state index is -0.0569. The summed E-state index contributed by atoms with van der Waals surface area (Å²) in [6.07, 6.45) is 4.22. The molecule has 112 valence electrons. The molecule has 2 aromatic rings. The lowest BCUT2D eigenvalue weighted by molar-refractivity contribution is 0.104. The molecule has 0 amide bonds. The van der Waals surface area contributed by atoms with Crippen LogP contribution < -0.4 is 9.47 Å². The van der Waals surface area contributed by atoms with Gasteiger partial charge in [0.05, 0.1) is 13.2 Å². The molecular formula is C18H15BrO3. The SMILES string of the molecule is O=C(C=Cc1ccc(Br)cc1)c1ccc2c(c1)OCCCO2. The smallest absolute Gasteiger partial charge is 0.185 e. The number of benzene rings is 2. The van der Waals surface area contributed by atoms with Crippen LogP contribution in [0, 0.1) is 0 Å². The lowest BCUT2D eigenvalue weighted by Gasteiger charge is -2.07. The molecule has 0 bridgehead atoms. The highest BCUT2D eigenvalue weighted by Gasteiger charge is 2.12. The number of ether oxygens (including phenoxy) is 2. The number of halogens is 1. The largest absolute Gasteiger partial charge is 0.490 e. The Bertz CT molecular complexity index is 705. The van der Waals surface area contributed by atoms with E-state index in [4.69, 9.17) is 9.47 Å². The average Bonchev–Trinajstić information content (AvgIpc) is 2.78. The number of carbonyl (C=O) groups excluding carboxylic acids is 1. The fraction of sp³-hybridized carbons (Fsp3) is 0.167. The van der Waals surface area contributed by atoms with Crippen molar-refractivity contribution in [2.24, 2.45) is 0 Å². The summed E-state index contributed by atoms with van der Waals surface area (Å²) in [6, 6.07) is 13.1. The van der Waals surface area contributed by atoms with Gasteiger partial charge in [-0.05, 0) is 42.0 Å². The molecule has 1 aliphatic rings. The van der Waals surface area contributed by atoms with Crippen LogP contribution in [0.1, 0.15) is 22.3 Å². The molecule has 2 aromatic carbocycles. The first-order chi connectivity index (χ1) is 10.7. The molecule has 0 saturated carbocycles. The molecule has 0 fully saturated rings. The highest BCUT2D eigenvalue weighted by Crippen LogP contribution is 2.30. The summed E-state index contributed by atoms with van der Waals surface area (Å²) in [6.45, 7) is 1.25. The summed E-state index contributed by atoms with van der Waals surface area (Å²) < 4.78 is 12.2. The Labute approximate surface area is 137 Å². The van der Waals surface area contributed by atoms with Gasteiger partial charge in [0, 0.05) is 16.5 Å². The second kappa shape index (κ2) is 6.79. The van der Waals surface area contributed by atoms with Gasteiger partial charge in [0.15, 0.2) is 17.3 Å². The maximum atomic E-state index is 12.3. The first-order valence-electron chi connectivity index (χ1n) is 7.10. The normalized spacial score (nSPS) is 13.9. The summed E-state index contributed by atoms with van der Waals surface area (Å²) in [7, 11) is 0. The Hall–Kier alpha value is -2.07. The van der Waals surface area contributed by atoms with Crippen LogP contribution >= 0.6 is 15.9 Å². The van der Waals surface area contributed by atoms with Crippen LogP contribution in [0.3, 0.4) is 0 Å². The van der Waals surface area contributed by atoms with Crippen molar-refractivity contribution in [3.05, 3.63) is 64.1 Å². The van der Waals surface area contributed by atoms with Gasteiger partial charge in [0.2, 0.25) is 0 Å². The van der Waals surface area contributed by atoms with Gasteiger partial charge in [-0.15, -0.1) is 0 Å². The molecule has 4 heteroatoms. The molecule has 1 aliphatic heterocycles. The summed E-state index contributed by atoms with van der Waals surface area (Å²) in [5.74, 6) is 1.28. The highest BCUT2D eigenvalue weighted by molar-refractivity contribution is 9.10. The fourth-order valence-corrected chi connectivity index (χ4v) is 2.42. The van der Waals surface area contributed by atoms with Crippen molar-refractivity contribution < 1.29 is 14.3 Å². The number of rotatable bonds is 3. The van der Waals surface area contributed by atoms with Crippen molar-refractivity contribution in [1.82, 2.24) is 0 Å². The van der Waals surface area contributed by atoms with Crippen molar-refractivity contribution in [2.75, 3.05) is 13.2 Å². The van der Waals surface area contributed by atoms with E-state index in [1.54, 1.807) is 30.4 Å². The zero-order chi connectivity index (χ0) is 15.4. The van der Waals surface area contributed by atoms with Crippen LogP contribution in [0.4, 0.5) is 0 Å². The van der Waals surface area contributed by atoms with Crippen LogP contribution in [0.15, 0.2) is 53.0 Å². The Morgan fingerprint density at radius 1 is 1.00 bits per heavy atom. The predicted octanol–water partition coefficient (Wildman–Crippen LogP) is 4.51. The van der Waals surface area contributed by atoms with Crippen LogP contribution in [0.5, 0.6) is 11.5 Å². The van der Waals surface area contributed by atoms with Crippen molar-refractivity contribution in [2.45, 2.75) is 6.42 Å². The number of carbonyl (C=O) groups is 1. The Kier molecular flexibility index (Phi) is 4.59. The number of allylic oxidation sites excluding steroid dienone is 1. The Morgan fingerprint density at radius 2 is 1.73 bits per heavy atom. The van der Waals surface area contributed by atoms with E-state index in [-0.39, 0.29) is 5.78 Å². The average molecular weight is 359 g/mol. The summed E-state index contributed by atoms with van der Waals surface area (Å²) in [5.41, 5.74) is 1.57. The first-order valence-corrected chi connectivity index (χ1v) is 7.89. The molecule has 0 radical (unpaired) electrons. The van der Waals surface area contributed by atoms with E-state index < -0.39 is 0 Å². The zero-order valence-electron chi connectivity index (χ0n) is 11.9. The zero-order valence-corrected chi connectivity index (χ0v) is 13.5. The molecule has 3 rings (SSSR count). The topological polar surface area (TPSA) is 35.5 Å². The molecule has 0 aromatic heterocycles. The number of ketones is 1. The monoisotopic (exact) mass is 358 g/mol. The number of hydrogen-bond acceptors (Lipinski definition) is 3. The maximum Gasteiger partial charge on any atom is 0.185 e. The minimum Gasteiger partial charge on any atom is -0.490 e. The second-order valence-corrected chi connectivity index (χ2v) is 5.88. The van der Waals surface area contributed by atoms with Gasteiger partial charge in [-0.3, -0.25) is 4.79 Å². The Morgan fingerprint density at radius 3 is 2.50 bits per heavy atom. The van der Waals surface area contributed by atoms with Crippen molar-refractivity contribution in [3.63, 3.8) is 0 Å². The van der Waals surface area contributed by atoms with Crippen molar-refractivity contribution in [1.29, 1.82) is 0 Å². The summed E-state index contributed by atoms with van der Waals surface area (Å²) in [4.78, 5) is 12.3. The molecule has 0 spiro atoms. The van der Waals surface area contributed by atoms with Crippen LogP contribution in [0.2, 0.25) is 0 Å². The maximum absolute atomic E-state index is 12.3. The lowest BCUT2D eigenvalue weighted by atomic mass is 10.1. The van der Waals surface area contributed by atoms with Gasteiger partial charge in [-0.25, -0.2) is 0 Å². The number of fused-ring (bicyclic) bond motifs is 1. The van der Waals surface area contributed by atoms with Crippen LogP contribution in [-0.2, 0) is 0 Å². The lowest BCUT2D eigenvalue weighted by Crippen LogP contribution is -1.98. The summed E-state index contributed by atoms with van der Waals surface area (Å²) >= 11 is 3.39. The highest BCUT2D eigenvalue weighted by atomic mass is 79.9. The molecule has 0 unspecified atom stereocenters. The van der Waals surface area contributed by atoms with E-state index in [1.165, 1.54) is 0 Å². The van der Waals surface area contributed by atoms with Gasteiger partial charge >= 0.3 is 0 Å². The van der Waals surface area contributed by atoms with Gasteiger partial charge in [-0.2, -0.15) is 0 Å². The third-order valence-electron chi connectivity index (χ3n) is 3.33. The van der Waals surface area contributed by atoms with Gasteiger partial charge < -0.3 is 9.47 Å². The molecule has 0 N–H and O–H groups in total. The molecule has 0 aliphatic carbocycles. The third-order valence-corrected chi connectivity index (χ3v) is 3.86. The van der Waals surface area contributed by atoms with E-state index in [9.17, 15) is 4.79 Å². The van der Waals surface area contributed by atoms with E-state index in [2.05, 4.69) is 15.9 Å². The molecular weight excluding hydrogens is 344 g/mol. The fourth-order valence-electron chi connectivity index (χ4n) is 2.16. The molecule has 0 saturated heterocycles. The van der Waals surface area contributed by atoms with Gasteiger partial charge in [-0.1, -0.05) is 34.1 Å². The predicted molar refractivity (Wildman–Crippen MR) is 89.6 cm³/mol. The van der Waals surface area contributed by atoms with E-state index >= 15 is 0 Å². The number of hydrogen-bond donors (Lipinski definition) is 0. The molecule has 22 heavy (non-hydrogen) atoms. The standard InChI is InChI=1S/C18H15BrO3/c19-15-6-2-13(3-7-15)4-8-16(20)14-5-9-17-18(12-14)22-11-1-10-21-17/h2-9,12H,1,10-11H2. The van der Waals surface area contributed by atoms with E-state index in [1.807, 2.05) is 24.3 Å². The Balaban J connectivity index is 1.77. The first kappa shape index (κ1) is 14.9. The molecule has 0 atom stereocenters. The summed E-state index contributed by atoms with van der Waals surface area (Å²) in [5, 5.41) is 0. The van der Waals surface area contributed by atoms with E-state index in [0.29, 0.717) is 30.3 Å². The quantitative estimate of drug-likeness (QED) is 0.598. The van der Waals surface area contributed by atoms with Crippen LogP contribution in [-0.4, -0.2) is 19.0 Å². The van der Waals surface area contributed by atoms with Gasteiger partial charge in [0.25, 0.3) is 0 Å². The third kappa shape index (κ3) is 3.57. The van der Waals surface area contributed by atoms with E-state index in [0.717, 1.165) is 16.5 Å². The molecule has 3 nitrogen and oxygen atoms in total. The second-order valence-electron chi connectivity index (χ2n) is 4.96.